The maximum absolute atomic E-state index is 14.1. The second-order valence-electron chi connectivity index (χ2n) is 8.88. The van der Waals surface area contributed by atoms with Crippen molar-refractivity contribution >= 4 is 40.4 Å². The summed E-state index contributed by atoms with van der Waals surface area (Å²) >= 11 is 0. The molecule has 0 aliphatic rings. The Balaban J connectivity index is 1.47. The summed E-state index contributed by atoms with van der Waals surface area (Å²) in [6.45, 7) is 1.77. The van der Waals surface area contributed by atoms with Gasteiger partial charge in [0.05, 0.1) is 28.3 Å². The zero-order chi connectivity index (χ0) is 26.9. The summed E-state index contributed by atoms with van der Waals surface area (Å²) in [5.74, 6) is -0.0531. The zero-order valence-electron chi connectivity index (χ0n) is 20.8. The van der Waals surface area contributed by atoms with Crippen molar-refractivity contribution in [3.05, 3.63) is 112 Å². The summed E-state index contributed by atoms with van der Waals surface area (Å²) in [6.07, 6.45) is 8.58. The third-order valence-electron chi connectivity index (χ3n) is 6.32. The summed E-state index contributed by atoms with van der Waals surface area (Å²) in [4.78, 5) is 36.6. The van der Waals surface area contributed by atoms with Crippen molar-refractivity contribution in [2.75, 3.05) is 5.73 Å². The SMILES string of the molecule is C[C@@H](NC(=O)c1c(N)nn2cccnc12)c1nc2cccc(C=Cc3ccn[nH]3)c2c(=O)n1-c1ccccc1. The number of aromatic amines is 1. The van der Waals surface area contributed by atoms with Crippen molar-refractivity contribution in [2.24, 2.45) is 0 Å². The molecular formula is C28H23N9O2. The Bertz CT molecular complexity index is 1910. The molecule has 0 radical (unpaired) electrons. The van der Waals surface area contributed by atoms with Gasteiger partial charge in [0.2, 0.25) is 0 Å². The number of amides is 1. The molecule has 39 heavy (non-hydrogen) atoms. The van der Waals surface area contributed by atoms with Gasteiger partial charge >= 0.3 is 0 Å². The van der Waals surface area contributed by atoms with Crippen molar-refractivity contribution in [3.63, 3.8) is 0 Å². The fourth-order valence-corrected chi connectivity index (χ4v) is 4.52. The number of hydrogen-bond donors (Lipinski definition) is 3. The van der Waals surface area contributed by atoms with Crippen LogP contribution in [0.5, 0.6) is 0 Å². The minimum absolute atomic E-state index is 0.0546. The summed E-state index contributed by atoms with van der Waals surface area (Å²) in [5, 5.41) is 14.4. The van der Waals surface area contributed by atoms with Crippen LogP contribution in [-0.2, 0) is 0 Å². The van der Waals surface area contributed by atoms with E-state index in [2.05, 4.69) is 25.6 Å². The van der Waals surface area contributed by atoms with Gasteiger partial charge in [-0.15, -0.1) is 5.10 Å². The highest BCUT2D eigenvalue weighted by Gasteiger charge is 2.24. The molecule has 0 saturated heterocycles. The molecule has 192 valence electrons. The van der Waals surface area contributed by atoms with Crippen LogP contribution in [0.4, 0.5) is 5.82 Å². The van der Waals surface area contributed by atoms with Crippen molar-refractivity contribution in [2.45, 2.75) is 13.0 Å². The van der Waals surface area contributed by atoms with E-state index in [4.69, 9.17) is 10.7 Å². The molecule has 4 heterocycles. The van der Waals surface area contributed by atoms with Crippen LogP contribution in [0.3, 0.4) is 0 Å². The van der Waals surface area contributed by atoms with Gasteiger partial charge in [-0.25, -0.2) is 14.5 Å². The minimum atomic E-state index is -0.669. The Morgan fingerprint density at radius 1 is 1.05 bits per heavy atom. The number of nitrogens with zero attached hydrogens (tertiary/aromatic N) is 6. The monoisotopic (exact) mass is 517 g/mol. The standard InChI is InChI=1S/C28H23N9O2/c1-17(32-27(38)23-24(29)35-36-16-6-14-30-26(23)36)25-33-21-10-5-7-18(11-12-19-13-15-31-34-19)22(21)28(39)37(25)20-8-3-2-4-9-20/h2-17H,1H3,(H2,29,35)(H,31,34)(H,32,38)/t17-/m1/s1. The highest BCUT2D eigenvalue weighted by Crippen LogP contribution is 2.23. The Morgan fingerprint density at radius 3 is 2.69 bits per heavy atom. The lowest BCUT2D eigenvalue weighted by Crippen LogP contribution is -2.33. The maximum Gasteiger partial charge on any atom is 0.266 e. The van der Waals surface area contributed by atoms with Crippen LogP contribution < -0.4 is 16.6 Å². The first-order chi connectivity index (χ1) is 19.0. The number of carbonyl (C=O) groups excluding carboxylic acids is 1. The van der Waals surface area contributed by atoms with Gasteiger partial charge in [0.15, 0.2) is 11.5 Å². The van der Waals surface area contributed by atoms with E-state index < -0.39 is 11.9 Å². The molecule has 1 amide bonds. The van der Waals surface area contributed by atoms with E-state index >= 15 is 0 Å². The van der Waals surface area contributed by atoms with Crippen molar-refractivity contribution in [1.29, 1.82) is 0 Å². The number of fused-ring (bicyclic) bond motifs is 2. The smallest absolute Gasteiger partial charge is 0.266 e. The van der Waals surface area contributed by atoms with Crippen LogP contribution in [0.1, 0.15) is 40.4 Å². The number of nitrogens with one attached hydrogen (secondary N) is 2. The van der Waals surface area contributed by atoms with Crippen LogP contribution in [0.15, 0.2) is 84.0 Å². The number of carbonyl (C=O) groups is 1. The van der Waals surface area contributed by atoms with Gasteiger partial charge in [-0.3, -0.25) is 19.3 Å². The zero-order valence-corrected chi connectivity index (χ0v) is 20.8. The number of para-hydroxylation sites is 1. The molecule has 0 aliphatic heterocycles. The van der Waals surface area contributed by atoms with Gasteiger partial charge in [0, 0.05) is 18.6 Å². The van der Waals surface area contributed by atoms with E-state index in [9.17, 15) is 9.59 Å². The lowest BCUT2D eigenvalue weighted by atomic mass is 10.1. The average molecular weight is 518 g/mol. The molecule has 4 N–H and O–H groups in total. The number of hydrogen-bond acceptors (Lipinski definition) is 7. The molecule has 0 saturated carbocycles. The third-order valence-corrected chi connectivity index (χ3v) is 6.32. The van der Waals surface area contributed by atoms with Crippen LogP contribution in [0.2, 0.25) is 0 Å². The lowest BCUT2D eigenvalue weighted by Gasteiger charge is -2.20. The Labute approximate surface area is 221 Å². The molecule has 0 unspecified atom stereocenters. The summed E-state index contributed by atoms with van der Waals surface area (Å²) in [5.41, 5.74) is 8.92. The fraction of sp³-hybridized carbons (Fsp3) is 0.0714. The Hall–Kier alpha value is -5.58. The Morgan fingerprint density at radius 2 is 1.90 bits per heavy atom. The molecule has 0 aliphatic carbocycles. The number of benzene rings is 2. The van der Waals surface area contributed by atoms with Gasteiger partial charge in [0.1, 0.15) is 11.4 Å². The lowest BCUT2D eigenvalue weighted by molar-refractivity contribution is 0.0940. The molecule has 2 aromatic carbocycles. The average Bonchev–Trinajstić information content (AvgIpc) is 3.59. The number of nitrogens with two attached hydrogens (primary N) is 1. The molecule has 11 nitrogen and oxygen atoms in total. The van der Waals surface area contributed by atoms with Gasteiger partial charge in [-0.05, 0) is 48.9 Å². The van der Waals surface area contributed by atoms with Crippen molar-refractivity contribution in [1.82, 2.24) is 39.7 Å². The number of rotatable bonds is 6. The molecule has 0 spiro atoms. The summed E-state index contributed by atoms with van der Waals surface area (Å²) in [6, 6.07) is 17.5. The van der Waals surface area contributed by atoms with Crippen LogP contribution in [-0.4, -0.2) is 40.3 Å². The van der Waals surface area contributed by atoms with E-state index in [0.29, 0.717) is 33.6 Å². The number of H-pyrrole nitrogens is 1. The topological polar surface area (TPSA) is 149 Å². The number of anilines is 1. The molecule has 11 heteroatoms. The van der Waals surface area contributed by atoms with E-state index in [1.54, 1.807) is 37.6 Å². The quantitative estimate of drug-likeness (QED) is 0.307. The molecule has 6 rings (SSSR count). The van der Waals surface area contributed by atoms with E-state index in [1.165, 1.54) is 9.08 Å². The van der Waals surface area contributed by atoms with Crippen molar-refractivity contribution < 1.29 is 4.79 Å². The highest BCUT2D eigenvalue weighted by atomic mass is 16.2. The molecule has 0 fully saturated rings. The summed E-state index contributed by atoms with van der Waals surface area (Å²) in [7, 11) is 0. The highest BCUT2D eigenvalue weighted by molar-refractivity contribution is 6.04. The van der Waals surface area contributed by atoms with Gasteiger partial charge in [-0.1, -0.05) is 36.4 Å². The molecule has 4 aromatic heterocycles. The van der Waals surface area contributed by atoms with E-state index in [0.717, 1.165) is 5.69 Å². The first-order valence-corrected chi connectivity index (χ1v) is 12.2. The number of aromatic nitrogens is 7. The molecule has 0 bridgehead atoms. The van der Waals surface area contributed by atoms with Gasteiger partial charge in [0.25, 0.3) is 11.5 Å². The Kier molecular flexibility index (Phi) is 5.92. The first-order valence-electron chi connectivity index (χ1n) is 12.2. The third kappa shape index (κ3) is 4.31. The van der Waals surface area contributed by atoms with Crippen LogP contribution in [0, 0.1) is 0 Å². The second-order valence-corrected chi connectivity index (χ2v) is 8.88. The molecule has 6 aromatic rings. The van der Waals surface area contributed by atoms with E-state index in [1.807, 2.05) is 60.7 Å². The fourth-order valence-electron chi connectivity index (χ4n) is 4.52. The van der Waals surface area contributed by atoms with Crippen LogP contribution >= 0.6 is 0 Å². The summed E-state index contributed by atoms with van der Waals surface area (Å²) < 4.78 is 2.97. The largest absolute Gasteiger partial charge is 0.381 e. The second kappa shape index (κ2) is 9.71. The minimum Gasteiger partial charge on any atom is -0.381 e. The predicted molar refractivity (Wildman–Crippen MR) is 148 cm³/mol. The predicted octanol–water partition coefficient (Wildman–Crippen LogP) is 3.40. The van der Waals surface area contributed by atoms with Crippen molar-refractivity contribution in [3.8, 4) is 5.69 Å². The number of nitrogen functional groups attached to an aromatic ring is 1. The first kappa shape index (κ1) is 23.8. The maximum atomic E-state index is 14.1. The molecular weight excluding hydrogens is 494 g/mol. The van der Waals surface area contributed by atoms with Gasteiger partial charge < -0.3 is 11.1 Å². The van der Waals surface area contributed by atoms with E-state index in [-0.39, 0.29) is 16.9 Å². The van der Waals surface area contributed by atoms with Crippen LogP contribution in [0.25, 0.3) is 34.4 Å². The normalized spacial score (nSPS) is 12.3. The molecule has 1 atom stereocenters. The van der Waals surface area contributed by atoms with Gasteiger partial charge in [-0.2, -0.15) is 5.10 Å².